The van der Waals surface area contributed by atoms with Crippen molar-refractivity contribution in [3.8, 4) is 11.1 Å². The van der Waals surface area contributed by atoms with Gasteiger partial charge in [0.05, 0.1) is 18.1 Å². The molecule has 3 aromatic carbocycles. The zero-order chi connectivity index (χ0) is 26.4. The number of amides is 3. The first kappa shape index (κ1) is 24.2. The SMILES string of the molecule is C[C@H](O)[C@@H]1C(=O)N2CCc3c([nH]c4cccc(-c5ccccc5)c34)[C@@H]2C[C@@H]1N(C)C(=O)Nc1ccccc1. The number of aliphatic hydroxyl groups is 1. The van der Waals surface area contributed by atoms with Crippen LogP contribution in [0.3, 0.4) is 0 Å². The number of anilines is 1. The van der Waals surface area contributed by atoms with Gasteiger partial charge in [-0.25, -0.2) is 4.79 Å². The van der Waals surface area contributed by atoms with Crippen LogP contribution in [0.4, 0.5) is 10.5 Å². The first-order valence-corrected chi connectivity index (χ1v) is 13.2. The number of hydrogen-bond acceptors (Lipinski definition) is 3. The topological polar surface area (TPSA) is 88.7 Å². The second-order valence-corrected chi connectivity index (χ2v) is 10.4. The van der Waals surface area contributed by atoms with E-state index in [4.69, 9.17) is 0 Å². The van der Waals surface area contributed by atoms with Crippen molar-refractivity contribution in [3.63, 3.8) is 0 Å². The Morgan fingerprint density at radius 2 is 1.76 bits per heavy atom. The van der Waals surface area contributed by atoms with Crippen molar-refractivity contribution in [2.24, 2.45) is 5.92 Å². The summed E-state index contributed by atoms with van der Waals surface area (Å²) in [6.07, 6.45) is 0.401. The molecule has 2 aliphatic rings. The van der Waals surface area contributed by atoms with E-state index in [1.807, 2.05) is 53.4 Å². The third-order valence-corrected chi connectivity index (χ3v) is 8.17. The summed E-state index contributed by atoms with van der Waals surface area (Å²) in [5.41, 5.74) is 6.34. The average molecular weight is 509 g/mol. The highest BCUT2D eigenvalue weighted by Crippen LogP contribution is 2.45. The van der Waals surface area contributed by atoms with Crippen LogP contribution in [0.5, 0.6) is 0 Å². The minimum absolute atomic E-state index is 0.104. The van der Waals surface area contributed by atoms with Crippen LogP contribution in [0.2, 0.25) is 0 Å². The molecule has 0 unspecified atom stereocenters. The Labute approximate surface area is 222 Å². The number of benzene rings is 3. The summed E-state index contributed by atoms with van der Waals surface area (Å²) in [5.74, 6) is -0.795. The summed E-state index contributed by atoms with van der Waals surface area (Å²) in [7, 11) is 1.71. The van der Waals surface area contributed by atoms with Crippen LogP contribution in [0.15, 0.2) is 78.9 Å². The van der Waals surface area contributed by atoms with Gasteiger partial charge in [0.25, 0.3) is 0 Å². The summed E-state index contributed by atoms with van der Waals surface area (Å²) < 4.78 is 0. The summed E-state index contributed by atoms with van der Waals surface area (Å²) in [6, 6.07) is 25.0. The predicted molar refractivity (Wildman–Crippen MR) is 149 cm³/mol. The number of carbonyl (C=O) groups is 2. The Kier molecular flexibility index (Phi) is 6.16. The number of aromatic amines is 1. The summed E-state index contributed by atoms with van der Waals surface area (Å²) in [5, 5.41) is 14.8. The van der Waals surface area contributed by atoms with Crippen LogP contribution in [-0.4, -0.2) is 57.6 Å². The molecule has 194 valence electrons. The lowest BCUT2D eigenvalue weighted by atomic mass is 9.79. The molecule has 0 bridgehead atoms. The number of nitrogens with zero attached hydrogens (tertiary/aromatic N) is 2. The van der Waals surface area contributed by atoms with Gasteiger partial charge in [-0.05, 0) is 54.7 Å². The van der Waals surface area contributed by atoms with Gasteiger partial charge in [-0.15, -0.1) is 0 Å². The maximum Gasteiger partial charge on any atom is 0.321 e. The molecule has 6 rings (SSSR count). The summed E-state index contributed by atoms with van der Waals surface area (Å²) in [6.45, 7) is 2.23. The lowest BCUT2D eigenvalue weighted by Crippen LogP contribution is -2.60. The quantitative estimate of drug-likeness (QED) is 0.354. The van der Waals surface area contributed by atoms with Crippen LogP contribution in [0, 0.1) is 5.92 Å². The van der Waals surface area contributed by atoms with E-state index in [9.17, 15) is 14.7 Å². The number of aliphatic hydroxyl groups excluding tert-OH is 1. The number of urea groups is 1. The molecule has 38 heavy (non-hydrogen) atoms. The van der Waals surface area contributed by atoms with Gasteiger partial charge in [0, 0.05) is 41.9 Å². The molecular weight excluding hydrogens is 476 g/mol. The highest BCUT2D eigenvalue weighted by Gasteiger charge is 2.49. The number of carbonyl (C=O) groups excluding carboxylic acids is 2. The van der Waals surface area contributed by atoms with Gasteiger partial charge < -0.3 is 25.2 Å². The predicted octanol–water partition coefficient (Wildman–Crippen LogP) is 5.19. The van der Waals surface area contributed by atoms with Crippen LogP contribution in [0.25, 0.3) is 22.0 Å². The normalized spacial score (nSPS) is 21.5. The van der Waals surface area contributed by atoms with Gasteiger partial charge in [0.1, 0.15) is 0 Å². The van der Waals surface area contributed by atoms with Crippen LogP contribution < -0.4 is 5.32 Å². The van der Waals surface area contributed by atoms with Gasteiger partial charge in [-0.2, -0.15) is 0 Å². The van der Waals surface area contributed by atoms with E-state index in [1.165, 1.54) is 16.5 Å². The van der Waals surface area contributed by atoms with Gasteiger partial charge in [0.15, 0.2) is 0 Å². The molecule has 0 radical (unpaired) electrons. The minimum atomic E-state index is -0.880. The molecule has 0 saturated carbocycles. The van der Waals surface area contributed by atoms with Crippen molar-refractivity contribution in [1.29, 1.82) is 0 Å². The fourth-order valence-corrected chi connectivity index (χ4v) is 6.33. The van der Waals surface area contributed by atoms with E-state index in [1.54, 1.807) is 18.9 Å². The van der Waals surface area contributed by atoms with Gasteiger partial charge in [-0.3, -0.25) is 4.79 Å². The van der Waals surface area contributed by atoms with E-state index in [0.717, 1.165) is 23.2 Å². The molecule has 7 nitrogen and oxygen atoms in total. The number of para-hydroxylation sites is 1. The molecule has 1 aromatic heterocycles. The van der Waals surface area contributed by atoms with Crippen LogP contribution >= 0.6 is 0 Å². The van der Waals surface area contributed by atoms with E-state index in [0.29, 0.717) is 18.7 Å². The van der Waals surface area contributed by atoms with Crippen LogP contribution in [-0.2, 0) is 11.2 Å². The monoisotopic (exact) mass is 508 g/mol. The minimum Gasteiger partial charge on any atom is -0.393 e. The molecule has 2 aliphatic heterocycles. The second-order valence-electron chi connectivity index (χ2n) is 10.4. The summed E-state index contributed by atoms with van der Waals surface area (Å²) in [4.78, 5) is 34.2. The molecule has 0 aliphatic carbocycles. The zero-order valence-electron chi connectivity index (χ0n) is 21.6. The fraction of sp³-hybridized carbons (Fsp3) is 0.290. The summed E-state index contributed by atoms with van der Waals surface area (Å²) >= 11 is 0. The van der Waals surface area contributed by atoms with Crippen molar-refractivity contribution in [2.45, 2.75) is 38.0 Å². The Hall–Kier alpha value is -4.10. The average Bonchev–Trinajstić information content (AvgIpc) is 3.32. The Morgan fingerprint density at radius 3 is 2.47 bits per heavy atom. The molecule has 3 N–H and O–H groups in total. The maximum atomic E-state index is 13.8. The molecule has 4 aromatic rings. The van der Waals surface area contributed by atoms with Gasteiger partial charge >= 0.3 is 6.03 Å². The Bertz CT molecular complexity index is 1480. The van der Waals surface area contributed by atoms with Crippen LogP contribution in [0.1, 0.15) is 30.6 Å². The highest BCUT2D eigenvalue weighted by molar-refractivity contribution is 5.99. The molecule has 1 fully saturated rings. The third-order valence-electron chi connectivity index (χ3n) is 8.17. The van der Waals surface area contributed by atoms with Crippen molar-refractivity contribution in [3.05, 3.63) is 90.1 Å². The fourth-order valence-electron chi connectivity index (χ4n) is 6.33. The molecular formula is C31H32N4O3. The van der Waals surface area contributed by atoms with E-state index in [-0.39, 0.29) is 18.0 Å². The van der Waals surface area contributed by atoms with Gasteiger partial charge in [-0.1, -0.05) is 60.7 Å². The standard InChI is InChI=1S/C31H32N4O3/c1-19(36)27-25(34(2)31(38)32-21-12-7-4-8-13-21)18-26-29-23(16-17-35(26)30(27)37)28-22(14-9-15-24(28)33-29)20-10-5-3-6-11-20/h3-15,19,25-27,33,36H,16-18H2,1-2H3,(H,32,38)/t19-,25-,26-,27-/m0/s1. The third kappa shape index (κ3) is 4.03. The number of fused-ring (bicyclic) bond motifs is 5. The van der Waals surface area contributed by atoms with E-state index < -0.39 is 18.1 Å². The number of nitrogens with one attached hydrogen (secondary N) is 2. The molecule has 0 spiro atoms. The molecule has 7 heteroatoms. The number of hydrogen-bond donors (Lipinski definition) is 3. The maximum absolute atomic E-state index is 13.8. The smallest absolute Gasteiger partial charge is 0.321 e. The number of piperidine rings is 1. The largest absolute Gasteiger partial charge is 0.393 e. The number of H-pyrrole nitrogens is 1. The number of aromatic nitrogens is 1. The molecule has 1 saturated heterocycles. The molecule has 3 heterocycles. The van der Waals surface area contributed by atoms with Crippen molar-refractivity contribution < 1.29 is 14.7 Å². The molecule has 3 amide bonds. The highest BCUT2D eigenvalue weighted by atomic mass is 16.3. The molecule has 4 atom stereocenters. The first-order chi connectivity index (χ1) is 18.4. The van der Waals surface area contributed by atoms with Crippen molar-refractivity contribution >= 4 is 28.5 Å². The Balaban J connectivity index is 1.38. The first-order valence-electron chi connectivity index (χ1n) is 13.2. The lowest BCUT2D eigenvalue weighted by Gasteiger charge is -2.48. The second kappa shape index (κ2) is 9.65. The zero-order valence-corrected chi connectivity index (χ0v) is 21.6. The van der Waals surface area contributed by atoms with E-state index >= 15 is 0 Å². The number of rotatable bonds is 4. The van der Waals surface area contributed by atoms with Gasteiger partial charge in [0.2, 0.25) is 5.91 Å². The van der Waals surface area contributed by atoms with E-state index in [2.05, 4.69) is 40.6 Å². The van der Waals surface area contributed by atoms with Crippen molar-refractivity contribution in [2.75, 3.05) is 18.9 Å². The Morgan fingerprint density at radius 1 is 1.05 bits per heavy atom. The van der Waals surface area contributed by atoms with Crippen molar-refractivity contribution in [1.82, 2.24) is 14.8 Å². The lowest BCUT2D eigenvalue weighted by molar-refractivity contribution is -0.151.